The Balaban J connectivity index is 0.000000251. The van der Waals surface area contributed by atoms with Gasteiger partial charge in [-0.2, -0.15) is 0 Å². The van der Waals surface area contributed by atoms with Crippen LogP contribution in [-0.2, 0) is 52.3 Å². The van der Waals surface area contributed by atoms with Gasteiger partial charge in [0.05, 0.1) is 50.8 Å². The highest BCUT2D eigenvalue weighted by Gasteiger charge is 2.51. The Morgan fingerprint density at radius 1 is 0.537 bits per heavy atom. The normalized spacial score (nSPS) is 16.7. The van der Waals surface area contributed by atoms with Crippen LogP contribution in [0.5, 0.6) is 17.2 Å². The van der Waals surface area contributed by atoms with E-state index in [1.54, 1.807) is 6.07 Å². The number of carbonyl (C=O) groups is 7. The summed E-state index contributed by atoms with van der Waals surface area (Å²) in [5, 5.41) is 2.05. The monoisotopic (exact) mass is 926 g/mol. The number of esters is 5. The molecule has 354 valence electrons. The topological polar surface area (TPSA) is 221 Å². The van der Waals surface area contributed by atoms with Crippen LogP contribution >= 0.6 is 0 Å². The Labute approximate surface area is 385 Å². The lowest BCUT2D eigenvalue weighted by Crippen LogP contribution is -2.35. The summed E-state index contributed by atoms with van der Waals surface area (Å²) in [7, 11) is 0. The molecule has 4 aromatic carbocycles. The highest BCUT2D eigenvalue weighted by atomic mass is 16.7. The molecule has 0 bridgehead atoms. The van der Waals surface area contributed by atoms with Crippen molar-refractivity contribution in [3.8, 4) is 17.2 Å². The maximum atomic E-state index is 12.5. The molecule has 0 saturated carbocycles. The van der Waals surface area contributed by atoms with Gasteiger partial charge in [0.15, 0.2) is 12.2 Å². The van der Waals surface area contributed by atoms with Gasteiger partial charge >= 0.3 is 42.2 Å². The molecule has 67 heavy (non-hydrogen) atoms. The fourth-order valence-corrected chi connectivity index (χ4v) is 6.37. The standard InChI is InChI=1S/C26H24O7.C23H26O11/c1-3-24(27)30-14-4-5-15-31-26(29)33-22-11-8-19(9-12-22)25(28)32-23-13-10-20-16-18(2)6-7-21(20)17-23;1-3-19(25)28-10-4-5-11-29-23(27)33-16-8-6-15(7-9-16)22(26)34-18-13-31-20-17(32-14(2)24)12-30-21(18)20/h3,6-13,16-17H,1,4-5,14-15H2,2H3;3,6-9,17-18,20-21H,1,4-5,10-13H2,2H3/t;17-,18-,20?,21?/m.1/s1. The Bertz CT molecular complexity index is 2370. The highest BCUT2D eigenvalue weighted by Crippen LogP contribution is 2.31. The van der Waals surface area contributed by atoms with E-state index in [0.29, 0.717) is 37.0 Å². The lowest BCUT2D eigenvalue weighted by atomic mass is 10.1. The van der Waals surface area contributed by atoms with Crippen molar-refractivity contribution in [1.29, 1.82) is 0 Å². The Morgan fingerprint density at radius 3 is 1.46 bits per heavy atom. The summed E-state index contributed by atoms with van der Waals surface area (Å²) in [5.74, 6) is -1.68. The van der Waals surface area contributed by atoms with Crippen molar-refractivity contribution in [2.45, 2.75) is 63.9 Å². The van der Waals surface area contributed by atoms with Crippen molar-refractivity contribution in [2.75, 3.05) is 39.6 Å². The molecule has 2 saturated heterocycles. The molecule has 6 rings (SSSR count). The van der Waals surface area contributed by atoms with Crippen LogP contribution in [0.3, 0.4) is 0 Å². The minimum Gasteiger partial charge on any atom is -0.463 e. The fourth-order valence-electron chi connectivity index (χ4n) is 6.37. The second kappa shape index (κ2) is 25.8. The molecule has 2 fully saturated rings. The predicted octanol–water partition coefficient (Wildman–Crippen LogP) is 7.36. The number of hydrogen-bond acceptors (Lipinski definition) is 18. The number of carbonyl (C=O) groups excluding carboxylic acids is 7. The van der Waals surface area contributed by atoms with Crippen LogP contribution in [0.2, 0.25) is 0 Å². The number of ether oxygens (including phenoxy) is 11. The van der Waals surface area contributed by atoms with Crippen LogP contribution in [0, 0.1) is 6.92 Å². The van der Waals surface area contributed by atoms with Gasteiger partial charge in [-0.05, 0) is 104 Å². The molecule has 18 nitrogen and oxygen atoms in total. The lowest BCUT2D eigenvalue weighted by molar-refractivity contribution is -0.151. The van der Waals surface area contributed by atoms with Crippen LogP contribution in [0.15, 0.2) is 110 Å². The molecule has 0 spiro atoms. The largest absolute Gasteiger partial charge is 0.513 e. The second-order valence-electron chi connectivity index (χ2n) is 14.7. The van der Waals surface area contributed by atoms with Crippen LogP contribution in [0.1, 0.15) is 58.9 Å². The van der Waals surface area contributed by atoms with Crippen LogP contribution in [0.4, 0.5) is 9.59 Å². The van der Waals surface area contributed by atoms with E-state index < -0.39 is 66.6 Å². The van der Waals surface area contributed by atoms with Crippen molar-refractivity contribution < 1.29 is 85.7 Å². The minimum absolute atomic E-state index is 0.0981. The van der Waals surface area contributed by atoms with Crippen molar-refractivity contribution >= 4 is 52.9 Å². The molecular formula is C49H50O18. The number of aryl methyl sites for hydroxylation is 1. The molecular weight excluding hydrogens is 877 g/mol. The van der Waals surface area contributed by atoms with Crippen molar-refractivity contribution in [3.05, 3.63) is 127 Å². The maximum Gasteiger partial charge on any atom is 0.513 e. The number of fused-ring (bicyclic) bond motifs is 2. The molecule has 2 heterocycles. The molecule has 2 unspecified atom stereocenters. The summed E-state index contributed by atoms with van der Waals surface area (Å²) in [6.45, 7) is 10.9. The van der Waals surface area contributed by atoms with E-state index in [1.165, 1.54) is 55.5 Å². The number of benzene rings is 4. The SMILES string of the molecule is C=CC(=O)OCCCCOC(=O)Oc1ccc(C(=O)O[C@@H]2COC3C2OC[C@H]3OC(C)=O)cc1.C=CC(=O)OCCCCOC(=O)Oc1ccc(C(=O)Oc2ccc3cc(C)ccc3c2)cc1. The maximum absolute atomic E-state index is 12.5. The van der Waals surface area contributed by atoms with E-state index >= 15 is 0 Å². The van der Waals surface area contributed by atoms with Gasteiger partial charge in [0.1, 0.15) is 29.5 Å². The third-order valence-corrected chi connectivity index (χ3v) is 9.64. The van der Waals surface area contributed by atoms with E-state index in [-0.39, 0.29) is 56.7 Å². The molecule has 0 aromatic heterocycles. The van der Waals surface area contributed by atoms with Crippen LogP contribution in [0.25, 0.3) is 10.8 Å². The average molecular weight is 927 g/mol. The van der Waals surface area contributed by atoms with E-state index in [4.69, 9.17) is 52.1 Å². The first kappa shape index (κ1) is 50.4. The number of hydrogen-bond donors (Lipinski definition) is 0. The van der Waals surface area contributed by atoms with Gasteiger partial charge in [0, 0.05) is 19.1 Å². The zero-order valence-corrected chi connectivity index (χ0v) is 36.9. The molecule has 0 N–H and O–H groups in total. The molecule has 0 radical (unpaired) electrons. The third-order valence-electron chi connectivity index (χ3n) is 9.64. The number of unbranched alkanes of at least 4 members (excludes halogenated alkanes) is 2. The van der Waals surface area contributed by atoms with Crippen molar-refractivity contribution in [3.63, 3.8) is 0 Å². The average Bonchev–Trinajstić information content (AvgIpc) is 3.91. The Morgan fingerprint density at radius 2 is 0.970 bits per heavy atom. The van der Waals surface area contributed by atoms with Gasteiger partial charge in [-0.25, -0.2) is 28.8 Å². The molecule has 0 amide bonds. The first-order chi connectivity index (χ1) is 32.3. The molecule has 2 aliphatic heterocycles. The summed E-state index contributed by atoms with van der Waals surface area (Å²) in [6.07, 6.45) is 0.306. The second-order valence-corrected chi connectivity index (χ2v) is 14.7. The van der Waals surface area contributed by atoms with E-state index in [2.05, 4.69) is 19.2 Å². The van der Waals surface area contributed by atoms with Gasteiger partial charge in [-0.1, -0.05) is 43.0 Å². The Kier molecular flexibility index (Phi) is 19.4. The summed E-state index contributed by atoms with van der Waals surface area (Å²) >= 11 is 0. The smallest absolute Gasteiger partial charge is 0.463 e. The molecule has 18 heteroatoms. The first-order valence-electron chi connectivity index (χ1n) is 21.1. The summed E-state index contributed by atoms with van der Waals surface area (Å²) in [5.41, 5.74) is 1.71. The predicted molar refractivity (Wildman–Crippen MR) is 235 cm³/mol. The zero-order valence-electron chi connectivity index (χ0n) is 36.9. The molecule has 0 aliphatic carbocycles. The van der Waals surface area contributed by atoms with Crippen molar-refractivity contribution in [1.82, 2.24) is 0 Å². The van der Waals surface area contributed by atoms with Gasteiger partial charge in [-0.3, -0.25) is 4.79 Å². The summed E-state index contributed by atoms with van der Waals surface area (Å²) in [6, 6.07) is 23.2. The van der Waals surface area contributed by atoms with Gasteiger partial charge in [0.2, 0.25) is 0 Å². The summed E-state index contributed by atoms with van der Waals surface area (Å²) < 4.78 is 57.0. The van der Waals surface area contributed by atoms with Gasteiger partial charge in [0.25, 0.3) is 0 Å². The van der Waals surface area contributed by atoms with Gasteiger partial charge < -0.3 is 52.1 Å². The minimum atomic E-state index is -0.895. The van der Waals surface area contributed by atoms with E-state index in [9.17, 15) is 33.6 Å². The van der Waals surface area contributed by atoms with Gasteiger partial charge in [-0.15, -0.1) is 0 Å². The zero-order chi connectivity index (χ0) is 48.1. The fraction of sp³-hybridized carbons (Fsp3) is 0.327. The molecule has 4 aromatic rings. The highest BCUT2D eigenvalue weighted by molar-refractivity contribution is 5.92. The molecule has 4 atom stereocenters. The Hall–Kier alpha value is -7.57. The lowest BCUT2D eigenvalue weighted by Gasteiger charge is -2.17. The first-order valence-corrected chi connectivity index (χ1v) is 21.1. The number of rotatable bonds is 19. The quantitative estimate of drug-likeness (QED) is 0.0224. The van der Waals surface area contributed by atoms with Crippen molar-refractivity contribution in [2.24, 2.45) is 0 Å². The molecule has 2 aliphatic rings. The van der Waals surface area contributed by atoms with E-state index in [1.807, 2.05) is 31.2 Å². The van der Waals surface area contributed by atoms with Crippen LogP contribution in [-0.4, -0.2) is 106 Å². The van der Waals surface area contributed by atoms with Crippen LogP contribution < -0.4 is 14.2 Å². The third kappa shape index (κ3) is 16.4. The summed E-state index contributed by atoms with van der Waals surface area (Å²) in [4.78, 5) is 81.4. The van der Waals surface area contributed by atoms with E-state index in [0.717, 1.165) is 28.5 Å².